The Hall–Kier alpha value is -4.29. The third kappa shape index (κ3) is 4.44. The molecule has 34 heavy (non-hydrogen) atoms. The standard InChI is InChI=1S/C21H12F6N6O/c22-20(23,24)17-2-1-3-18(32-17)33-16-6-11(4-12(7-28)15(16)10-30-33)13-5-14(9-29-8-13)31-19(34)21(25,26)27/h1-10,28H,(H,31,34). The number of benzene rings is 1. The van der Waals surface area contributed by atoms with Gasteiger partial charge in [-0.3, -0.25) is 9.78 Å². The van der Waals surface area contributed by atoms with Gasteiger partial charge in [-0.25, -0.2) is 9.67 Å². The fourth-order valence-electron chi connectivity index (χ4n) is 3.19. The molecule has 0 radical (unpaired) electrons. The molecule has 13 heteroatoms. The highest BCUT2D eigenvalue weighted by Crippen LogP contribution is 2.31. The van der Waals surface area contributed by atoms with E-state index < -0.39 is 24.0 Å². The van der Waals surface area contributed by atoms with Gasteiger partial charge < -0.3 is 10.7 Å². The number of amides is 1. The van der Waals surface area contributed by atoms with Crippen molar-refractivity contribution in [3.63, 3.8) is 0 Å². The van der Waals surface area contributed by atoms with Crippen LogP contribution in [-0.2, 0) is 11.0 Å². The summed E-state index contributed by atoms with van der Waals surface area (Å²) in [5, 5.41) is 13.9. The Balaban J connectivity index is 1.82. The highest BCUT2D eigenvalue weighted by molar-refractivity contribution is 6.01. The van der Waals surface area contributed by atoms with Crippen LogP contribution in [0.25, 0.3) is 27.8 Å². The summed E-state index contributed by atoms with van der Waals surface area (Å²) in [6.45, 7) is 0. The van der Waals surface area contributed by atoms with E-state index in [1.165, 1.54) is 42.7 Å². The summed E-state index contributed by atoms with van der Waals surface area (Å²) in [7, 11) is 0. The van der Waals surface area contributed by atoms with Crippen LogP contribution in [0.3, 0.4) is 0 Å². The first-order chi connectivity index (χ1) is 16.0. The van der Waals surface area contributed by atoms with Gasteiger partial charge >= 0.3 is 18.3 Å². The molecule has 1 amide bonds. The van der Waals surface area contributed by atoms with Gasteiger partial charge in [-0.2, -0.15) is 31.4 Å². The number of hydrogen-bond acceptors (Lipinski definition) is 5. The Bertz CT molecular complexity index is 1410. The maximum Gasteiger partial charge on any atom is 0.471 e. The van der Waals surface area contributed by atoms with Gasteiger partial charge in [0.25, 0.3) is 0 Å². The van der Waals surface area contributed by atoms with Crippen LogP contribution < -0.4 is 5.32 Å². The van der Waals surface area contributed by atoms with Crippen LogP contribution in [0.1, 0.15) is 11.3 Å². The van der Waals surface area contributed by atoms with E-state index in [0.29, 0.717) is 22.0 Å². The number of anilines is 1. The molecule has 2 N–H and O–H groups in total. The number of carbonyl (C=O) groups is 1. The van der Waals surface area contributed by atoms with Crippen LogP contribution in [0, 0.1) is 5.41 Å². The molecule has 4 aromatic rings. The minimum absolute atomic E-state index is 0.123. The lowest BCUT2D eigenvalue weighted by Crippen LogP contribution is -2.29. The summed E-state index contributed by atoms with van der Waals surface area (Å²) >= 11 is 0. The van der Waals surface area contributed by atoms with Crippen LogP contribution >= 0.6 is 0 Å². The largest absolute Gasteiger partial charge is 0.471 e. The van der Waals surface area contributed by atoms with E-state index in [2.05, 4.69) is 15.1 Å². The molecule has 4 rings (SSSR count). The Morgan fingerprint density at radius 1 is 1.00 bits per heavy atom. The number of carbonyl (C=O) groups excluding carboxylic acids is 1. The van der Waals surface area contributed by atoms with Crippen LogP contribution in [0.4, 0.5) is 32.0 Å². The molecule has 0 atom stereocenters. The van der Waals surface area contributed by atoms with Crippen molar-refractivity contribution in [2.24, 2.45) is 0 Å². The van der Waals surface area contributed by atoms with E-state index in [9.17, 15) is 31.1 Å². The molecular weight excluding hydrogens is 466 g/mol. The quantitative estimate of drug-likeness (QED) is 0.319. The second-order valence-electron chi connectivity index (χ2n) is 6.99. The number of nitrogens with zero attached hydrogens (tertiary/aromatic N) is 4. The van der Waals surface area contributed by atoms with Crippen LogP contribution in [0.2, 0.25) is 0 Å². The topological polar surface area (TPSA) is 96.5 Å². The fraction of sp³-hybridized carbons (Fsp3) is 0.0952. The van der Waals surface area contributed by atoms with Crippen LogP contribution in [0.15, 0.2) is 55.0 Å². The van der Waals surface area contributed by atoms with E-state index in [-0.39, 0.29) is 17.1 Å². The summed E-state index contributed by atoms with van der Waals surface area (Å²) in [6.07, 6.45) is -5.05. The van der Waals surface area contributed by atoms with E-state index in [4.69, 9.17) is 5.41 Å². The predicted molar refractivity (Wildman–Crippen MR) is 110 cm³/mol. The first kappa shape index (κ1) is 22.9. The molecule has 0 aliphatic heterocycles. The van der Waals surface area contributed by atoms with Gasteiger partial charge in [-0.1, -0.05) is 6.07 Å². The lowest BCUT2D eigenvalue weighted by atomic mass is 10.0. The van der Waals surface area contributed by atoms with Gasteiger partial charge in [-0.05, 0) is 35.9 Å². The van der Waals surface area contributed by atoms with Gasteiger partial charge in [0.2, 0.25) is 0 Å². The summed E-state index contributed by atoms with van der Waals surface area (Å²) in [4.78, 5) is 18.7. The number of alkyl halides is 6. The number of fused-ring (bicyclic) bond motifs is 1. The zero-order valence-corrected chi connectivity index (χ0v) is 16.7. The SMILES string of the molecule is N=Cc1cc(-c2cncc(NC(=O)C(F)(F)F)c2)cc2c1cnn2-c1cccc(C(F)(F)F)n1. The highest BCUT2D eigenvalue weighted by atomic mass is 19.4. The molecule has 7 nitrogen and oxygen atoms in total. The molecule has 0 spiro atoms. The van der Waals surface area contributed by atoms with E-state index in [0.717, 1.165) is 23.2 Å². The molecular formula is C21H12F6N6O. The van der Waals surface area contributed by atoms with E-state index in [1.807, 2.05) is 0 Å². The molecule has 1 aromatic carbocycles. The zero-order chi connectivity index (χ0) is 24.7. The predicted octanol–water partition coefficient (Wildman–Crippen LogP) is 5.00. The Kier molecular flexibility index (Phi) is 5.55. The maximum absolute atomic E-state index is 13.1. The molecule has 0 unspecified atom stereocenters. The number of rotatable bonds is 4. The molecule has 3 heterocycles. The van der Waals surface area contributed by atoms with Gasteiger partial charge in [0.1, 0.15) is 5.69 Å². The summed E-state index contributed by atoms with van der Waals surface area (Å²) in [6, 6.07) is 7.62. The summed E-state index contributed by atoms with van der Waals surface area (Å²) in [5.74, 6) is -2.29. The van der Waals surface area contributed by atoms with Crippen molar-refractivity contribution >= 4 is 28.7 Å². The molecule has 0 bridgehead atoms. The Morgan fingerprint density at radius 2 is 1.76 bits per heavy atom. The highest BCUT2D eigenvalue weighted by Gasteiger charge is 2.38. The normalized spacial score (nSPS) is 12.1. The minimum atomic E-state index is -5.09. The molecule has 0 fully saturated rings. The second-order valence-corrected chi connectivity index (χ2v) is 6.99. The molecule has 0 saturated heterocycles. The molecule has 3 aromatic heterocycles. The third-order valence-electron chi connectivity index (χ3n) is 4.70. The summed E-state index contributed by atoms with van der Waals surface area (Å²) < 4.78 is 78.1. The number of hydrogen-bond donors (Lipinski definition) is 2. The first-order valence-corrected chi connectivity index (χ1v) is 9.38. The fourth-order valence-corrected chi connectivity index (χ4v) is 3.19. The molecule has 174 valence electrons. The molecule has 0 aliphatic rings. The Labute approximate surface area is 186 Å². The van der Waals surface area contributed by atoms with Gasteiger partial charge in [0.15, 0.2) is 5.82 Å². The van der Waals surface area contributed by atoms with Gasteiger partial charge in [0, 0.05) is 28.9 Å². The average molecular weight is 478 g/mol. The number of nitrogens with one attached hydrogen (secondary N) is 2. The van der Waals surface area contributed by atoms with Crippen LogP contribution in [0.5, 0.6) is 0 Å². The van der Waals surface area contributed by atoms with Crippen molar-refractivity contribution in [3.8, 4) is 16.9 Å². The Morgan fingerprint density at radius 3 is 2.44 bits per heavy atom. The van der Waals surface area contributed by atoms with Crippen molar-refractivity contribution in [2.75, 3.05) is 5.32 Å². The van der Waals surface area contributed by atoms with Crippen molar-refractivity contribution in [2.45, 2.75) is 12.4 Å². The second kappa shape index (κ2) is 8.24. The average Bonchev–Trinajstić information content (AvgIpc) is 3.21. The van der Waals surface area contributed by atoms with Gasteiger partial charge in [-0.15, -0.1) is 0 Å². The maximum atomic E-state index is 13.1. The smallest absolute Gasteiger partial charge is 0.317 e. The van der Waals surface area contributed by atoms with Gasteiger partial charge in [0.05, 0.1) is 23.6 Å². The lowest BCUT2D eigenvalue weighted by molar-refractivity contribution is -0.167. The first-order valence-electron chi connectivity index (χ1n) is 9.38. The number of aromatic nitrogens is 4. The van der Waals surface area contributed by atoms with Crippen LogP contribution in [-0.4, -0.2) is 38.0 Å². The molecule has 0 saturated carbocycles. The van der Waals surface area contributed by atoms with Crippen molar-refractivity contribution < 1.29 is 31.1 Å². The van der Waals surface area contributed by atoms with E-state index >= 15 is 0 Å². The van der Waals surface area contributed by atoms with Crippen molar-refractivity contribution in [3.05, 3.63) is 66.2 Å². The number of pyridine rings is 2. The molecule has 0 aliphatic carbocycles. The zero-order valence-electron chi connectivity index (χ0n) is 16.7. The lowest BCUT2D eigenvalue weighted by Gasteiger charge is -2.11. The van der Waals surface area contributed by atoms with Crippen molar-refractivity contribution in [1.82, 2.24) is 19.7 Å². The van der Waals surface area contributed by atoms with E-state index in [1.54, 1.807) is 5.32 Å². The third-order valence-corrected chi connectivity index (χ3v) is 4.70. The number of halogens is 6. The minimum Gasteiger partial charge on any atom is -0.317 e. The summed E-state index contributed by atoms with van der Waals surface area (Å²) in [5.41, 5.74) is -0.0353. The van der Waals surface area contributed by atoms with Crippen molar-refractivity contribution in [1.29, 1.82) is 5.41 Å². The monoisotopic (exact) mass is 478 g/mol.